The van der Waals surface area contributed by atoms with Crippen LogP contribution in [0.25, 0.3) is 0 Å². The molecule has 0 N–H and O–H groups in total. The van der Waals surface area contributed by atoms with E-state index < -0.39 is 0 Å². The van der Waals surface area contributed by atoms with Crippen LogP contribution in [0.3, 0.4) is 0 Å². The maximum absolute atomic E-state index is 12.8. The molecule has 2 aliphatic rings. The van der Waals surface area contributed by atoms with E-state index >= 15 is 0 Å². The SMILES string of the molecule is O=C(c1ccc2c(c1)CCCC2)N1CCN(C(=O)c2cnccn2)CC1. The topological polar surface area (TPSA) is 66.4 Å². The molecule has 2 aromatic rings. The maximum atomic E-state index is 12.8. The van der Waals surface area contributed by atoms with Crippen molar-refractivity contribution < 1.29 is 9.59 Å². The number of hydrogen-bond acceptors (Lipinski definition) is 4. The van der Waals surface area contributed by atoms with Crippen LogP contribution in [0.1, 0.15) is 44.8 Å². The maximum Gasteiger partial charge on any atom is 0.274 e. The second-order valence-electron chi connectivity index (χ2n) is 6.87. The quantitative estimate of drug-likeness (QED) is 0.830. The standard InChI is InChI=1S/C20H22N4O2/c25-19(17-6-5-15-3-1-2-4-16(15)13-17)23-9-11-24(12-10-23)20(26)18-14-21-7-8-22-18/h5-8,13-14H,1-4,9-12H2. The van der Waals surface area contributed by atoms with Gasteiger partial charge in [0.2, 0.25) is 0 Å². The molecule has 134 valence electrons. The van der Waals surface area contributed by atoms with Gasteiger partial charge in [-0.2, -0.15) is 0 Å². The Labute approximate surface area is 152 Å². The Morgan fingerprint density at radius 2 is 1.54 bits per heavy atom. The van der Waals surface area contributed by atoms with Gasteiger partial charge in [-0.25, -0.2) is 4.98 Å². The molecule has 6 heteroatoms. The number of nitrogens with zero attached hydrogens (tertiary/aromatic N) is 4. The molecule has 0 atom stereocenters. The van der Waals surface area contributed by atoms with Crippen molar-refractivity contribution >= 4 is 11.8 Å². The van der Waals surface area contributed by atoms with Crippen LogP contribution >= 0.6 is 0 Å². The van der Waals surface area contributed by atoms with Crippen molar-refractivity contribution in [1.82, 2.24) is 19.8 Å². The number of hydrogen-bond donors (Lipinski definition) is 0. The number of benzene rings is 1. The Kier molecular flexibility index (Phi) is 4.65. The molecule has 6 nitrogen and oxygen atoms in total. The first-order valence-electron chi connectivity index (χ1n) is 9.19. The molecule has 1 aliphatic heterocycles. The third-order valence-electron chi connectivity index (χ3n) is 5.23. The highest BCUT2D eigenvalue weighted by Gasteiger charge is 2.26. The van der Waals surface area contributed by atoms with Gasteiger partial charge in [0, 0.05) is 44.1 Å². The Morgan fingerprint density at radius 3 is 2.23 bits per heavy atom. The van der Waals surface area contributed by atoms with Gasteiger partial charge in [0.25, 0.3) is 11.8 Å². The van der Waals surface area contributed by atoms with Crippen molar-refractivity contribution in [1.29, 1.82) is 0 Å². The first-order chi connectivity index (χ1) is 12.7. The Balaban J connectivity index is 1.40. The predicted octanol–water partition coefficient (Wildman–Crippen LogP) is 1.95. The minimum atomic E-state index is -0.126. The van der Waals surface area contributed by atoms with Crippen molar-refractivity contribution in [2.24, 2.45) is 0 Å². The van der Waals surface area contributed by atoms with E-state index in [0.29, 0.717) is 31.9 Å². The van der Waals surface area contributed by atoms with E-state index in [2.05, 4.69) is 22.1 Å². The van der Waals surface area contributed by atoms with E-state index in [1.807, 2.05) is 11.0 Å². The van der Waals surface area contributed by atoms with Crippen LogP contribution in [0, 0.1) is 0 Å². The molecule has 2 heterocycles. The van der Waals surface area contributed by atoms with E-state index in [1.165, 1.54) is 36.4 Å². The summed E-state index contributed by atoms with van der Waals surface area (Å²) in [6, 6.07) is 6.12. The van der Waals surface area contributed by atoms with Gasteiger partial charge in [0.1, 0.15) is 5.69 Å². The molecule has 26 heavy (non-hydrogen) atoms. The Morgan fingerprint density at radius 1 is 0.846 bits per heavy atom. The minimum absolute atomic E-state index is 0.0602. The van der Waals surface area contributed by atoms with E-state index in [0.717, 1.165) is 18.4 Å². The van der Waals surface area contributed by atoms with Gasteiger partial charge in [0.15, 0.2) is 0 Å². The summed E-state index contributed by atoms with van der Waals surface area (Å²) in [7, 11) is 0. The largest absolute Gasteiger partial charge is 0.335 e. The van der Waals surface area contributed by atoms with Crippen LogP contribution in [-0.2, 0) is 12.8 Å². The third-order valence-corrected chi connectivity index (χ3v) is 5.23. The number of amides is 2. The number of carbonyl (C=O) groups is 2. The summed E-state index contributed by atoms with van der Waals surface area (Å²) < 4.78 is 0. The summed E-state index contributed by atoms with van der Waals surface area (Å²) in [4.78, 5) is 36.8. The molecule has 2 amide bonds. The lowest BCUT2D eigenvalue weighted by molar-refractivity contribution is 0.0532. The average Bonchev–Trinajstić information content (AvgIpc) is 2.73. The van der Waals surface area contributed by atoms with E-state index in [4.69, 9.17) is 0 Å². The van der Waals surface area contributed by atoms with Gasteiger partial charge in [0.05, 0.1) is 6.20 Å². The molecule has 0 unspecified atom stereocenters. The molecule has 0 radical (unpaired) electrons. The predicted molar refractivity (Wildman–Crippen MR) is 96.9 cm³/mol. The van der Waals surface area contributed by atoms with Crippen molar-refractivity contribution in [3.8, 4) is 0 Å². The van der Waals surface area contributed by atoms with Crippen molar-refractivity contribution in [2.45, 2.75) is 25.7 Å². The monoisotopic (exact) mass is 350 g/mol. The normalized spacial score (nSPS) is 16.9. The fourth-order valence-corrected chi connectivity index (χ4v) is 3.73. The number of fused-ring (bicyclic) bond motifs is 1. The molecular weight excluding hydrogens is 328 g/mol. The van der Waals surface area contributed by atoms with Gasteiger partial charge >= 0.3 is 0 Å². The minimum Gasteiger partial charge on any atom is -0.335 e. The number of aromatic nitrogens is 2. The molecule has 1 fully saturated rings. The summed E-state index contributed by atoms with van der Waals surface area (Å²) >= 11 is 0. The summed E-state index contributed by atoms with van der Waals surface area (Å²) in [5.74, 6) is -0.0658. The molecule has 1 aromatic heterocycles. The Hall–Kier alpha value is -2.76. The number of aryl methyl sites for hydroxylation is 2. The fourth-order valence-electron chi connectivity index (χ4n) is 3.73. The van der Waals surface area contributed by atoms with E-state index in [-0.39, 0.29) is 11.8 Å². The smallest absolute Gasteiger partial charge is 0.274 e. The van der Waals surface area contributed by atoms with Gasteiger partial charge in [-0.05, 0) is 48.9 Å². The second kappa shape index (κ2) is 7.23. The molecule has 0 saturated carbocycles. The summed E-state index contributed by atoms with van der Waals surface area (Å²) in [5, 5.41) is 0. The molecule has 1 aromatic carbocycles. The number of piperazine rings is 1. The van der Waals surface area contributed by atoms with Crippen molar-refractivity contribution in [3.05, 3.63) is 59.2 Å². The number of carbonyl (C=O) groups excluding carboxylic acids is 2. The van der Waals surface area contributed by atoms with Crippen molar-refractivity contribution in [3.63, 3.8) is 0 Å². The molecule has 0 spiro atoms. The summed E-state index contributed by atoms with van der Waals surface area (Å²) in [5.41, 5.74) is 3.81. The van der Waals surface area contributed by atoms with Crippen LogP contribution in [0.2, 0.25) is 0 Å². The van der Waals surface area contributed by atoms with Gasteiger partial charge < -0.3 is 9.80 Å². The van der Waals surface area contributed by atoms with Gasteiger partial charge in [-0.15, -0.1) is 0 Å². The van der Waals surface area contributed by atoms with Gasteiger partial charge in [-0.1, -0.05) is 6.07 Å². The molecule has 0 bridgehead atoms. The van der Waals surface area contributed by atoms with Crippen LogP contribution in [0.5, 0.6) is 0 Å². The van der Waals surface area contributed by atoms with E-state index in [1.54, 1.807) is 11.1 Å². The molecule has 4 rings (SSSR count). The Bertz CT molecular complexity index is 814. The van der Waals surface area contributed by atoms with Crippen LogP contribution in [0.15, 0.2) is 36.8 Å². The lowest BCUT2D eigenvalue weighted by atomic mass is 9.90. The molecule has 1 saturated heterocycles. The van der Waals surface area contributed by atoms with E-state index in [9.17, 15) is 9.59 Å². The highest BCUT2D eigenvalue weighted by atomic mass is 16.2. The van der Waals surface area contributed by atoms with Crippen LogP contribution in [0.4, 0.5) is 0 Å². The number of rotatable bonds is 2. The molecule has 1 aliphatic carbocycles. The molecular formula is C20H22N4O2. The summed E-state index contributed by atoms with van der Waals surface area (Å²) in [6.07, 6.45) is 9.17. The zero-order valence-corrected chi connectivity index (χ0v) is 14.7. The fraction of sp³-hybridized carbons (Fsp3) is 0.400. The zero-order valence-electron chi connectivity index (χ0n) is 14.7. The lowest BCUT2D eigenvalue weighted by Gasteiger charge is -2.34. The average molecular weight is 350 g/mol. The summed E-state index contributed by atoms with van der Waals surface area (Å²) in [6.45, 7) is 2.13. The van der Waals surface area contributed by atoms with Gasteiger partial charge in [-0.3, -0.25) is 14.6 Å². The zero-order chi connectivity index (χ0) is 17.9. The second-order valence-corrected chi connectivity index (χ2v) is 6.87. The van der Waals surface area contributed by atoms with Crippen molar-refractivity contribution in [2.75, 3.05) is 26.2 Å². The first-order valence-corrected chi connectivity index (χ1v) is 9.19. The van der Waals surface area contributed by atoms with Crippen LogP contribution < -0.4 is 0 Å². The van der Waals surface area contributed by atoms with Crippen LogP contribution in [-0.4, -0.2) is 57.8 Å². The third kappa shape index (κ3) is 3.31. The highest BCUT2D eigenvalue weighted by Crippen LogP contribution is 2.23. The first kappa shape index (κ1) is 16.7. The highest BCUT2D eigenvalue weighted by molar-refractivity contribution is 5.95. The lowest BCUT2D eigenvalue weighted by Crippen LogP contribution is -2.50.